The standard InChI is InChI=1S/C9H12ClN3O5S2/c1-18-8-4-7(10)11-9(12-8)13-20(16,17)6-2-3-19(14,15)5-6/h4,6H,2-3,5H2,1H3,(H,11,12,13). The molecule has 0 aliphatic carbocycles. The fourth-order valence-electron chi connectivity index (χ4n) is 1.76. The molecule has 0 aromatic carbocycles. The third-order valence-corrected chi connectivity index (χ3v) is 6.66. The van der Waals surface area contributed by atoms with Gasteiger partial charge in [0.1, 0.15) is 5.15 Å². The highest BCUT2D eigenvalue weighted by Crippen LogP contribution is 2.22. The van der Waals surface area contributed by atoms with Crippen LogP contribution in [0.4, 0.5) is 5.95 Å². The van der Waals surface area contributed by atoms with Gasteiger partial charge >= 0.3 is 0 Å². The molecule has 0 spiro atoms. The SMILES string of the molecule is COc1cc(Cl)nc(NS(=O)(=O)C2CCS(=O)(=O)C2)n1. The predicted octanol–water partition coefficient (Wildman–Crippen LogP) is 0.0674. The Hall–Kier alpha value is -1.13. The molecule has 1 aliphatic heterocycles. The second-order valence-electron chi connectivity index (χ2n) is 4.23. The number of nitrogens with zero attached hydrogens (tertiary/aromatic N) is 2. The molecule has 8 nitrogen and oxygen atoms in total. The fraction of sp³-hybridized carbons (Fsp3) is 0.556. The molecule has 1 aromatic heterocycles. The Morgan fingerprint density at radius 1 is 1.45 bits per heavy atom. The molecule has 1 saturated heterocycles. The van der Waals surface area contributed by atoms with E-state index >= 15 is 0 Å². The number of hydrogen-bond donors (Lipinski definition) is 1. The lowest BCUT2D eigenvalue weighted by Gasteiger charge is -2.11. The normalized spacial score (nSPS) is 21.6. The lowest BCUT2D eigenvalue weighted by Crippen LogP contribution is -2.29. The molecule has 112 valence electrons. The number of sulfone groups is 1. The Balaban J connectivity index is 2.23. The lowest BCUT2D eigenvalue weighted by atomic mass is 10.4. The van der Waals surface area contributed by atoms with E-state index in [-0.39, 0.29) is 29.2 Å². The third-order valence-electron chi connectivity index (χ3n) is 2.74. The molecule has 0 radical (unpaired) electrons. The zero-order valence-electron chi connectivity index (χ0n) is 10.4. The Morgan fingerprint density at radius 2 is 2.15 bits per heavy atom. The highest BCUT2D eigenvalue weighted by molar-refractivity contribution is 7.97. The third kappa shape index (κ3) is 3.49. The molecular weight excluding hydrogens is 330 g/mol. The van der Waals surface area contributed by atoms with Crippen LogP contribution in [0.25, 0.3) is 0 Å². The fourth-order valence-corrected chi connectivity index (χ4v) is 5.91. The van der Waals surface area contributed by atoms with Crippen molar-refractivity contribution in [2.45, 2.75) is 11.7 Å². The summed E-state index contributed by atoms with van der Waals surface area (Å²) in [6.45, 7) is 0. The van der Waals surface area contributed by atoms with Crippen molar-refractivity contribution >= 4 is 37.4 Å². The van der Waals surface area contributed by atoms with Gasteiger partial charge in [-0.05, 0) is 6.42 Å². The number of anilines is 1. The molecule has 1 fully saturated rings. The number of sulfonamides is 1. The molecule has 0 amide bonds. The number of nitrogens with one attached hydrogen (secondary N) is 1. The van der Waals surface area contributed by atoms with Gasteiger partial charge in [0.25, 0.3) is 0 Å². The van der Waals surface area contributed by atoms with E-state index in [4.69, 9.17) is 16.3 Å². The van der Waals surface area contributed by atoms with Crippen LogP contribution in [0, 0.1) is 0 Å². The summed E-state index contributed by atoms with van der Waals surface area (Å²) in [5.41, 5.74) is 0. The molecule has 1 atom stereocenters. The van der Waals surface area contributed by atoms with Crippen LogP contribution >= 0.6 is 11.6 Å². The van der Waals surface area contributed by atoms with Gasteiger partial charge in [0.2, 0.25) is 21.9 Å². The van der Waals surface area contributed by atoms with Crippen LogP contribution in [0.3, 0.4) is 0 Å². The van der Waals surface area contributed by atoms with E-state index in [1.54, 1.807) is 0 Å². The van der Waals surface area contributed by atoms with Crippen LogP contribution in [0.5, 0.6) is 5.88 Å². The summed E-state index contributed by atoms with van der Waals surface area (Å²) in [6, 6.07) is 1.32. The second kappa shape index (κ2) is 5.34. The molecule has 20 heavy (non-hydrogen) atoms. The van der Waals surface area contributed by atoms with E-state index in [9.17, 15) is 16.8 Å². The molecule has 0 bridgehead atoms. The van der Waals surface area contributed by atoms with E-state index in [0.29, 0.717) is 0 Å². The molecular formula is C9H12ClN3O5S2. The first-order chi connectivity index (χ1) is 9.22. The highest BCUT2D eigenvalue weighted by atomic mass is 35.5. The molecule has 1 aromatic rings. The molecule has 0 saturated carbocycles. The Labute approximate surface area is 121 Å². The summed E-state index contributed by atoms with van der Waals surface area (Å²) in [4.78, 5) is 7.50. The van der Waals surface area contributed by atoms with Crippen LogP contribution in [0.15, 0.2) is 6.07 Å². The quantitative estimate of drug-likeness (QED) is 0.770. The summed E-state index contributed by atoms with van der Waals surface area (Å²) >= 11 is 5.70. The number of hydrogen-bond acceptors (Lipinski definition) is 7. The van der Waals surface area contributed by atoms with E-state index in [1.807, 2.05) is 0 Å². The number of halogens is 1. The topological polar surface area (TPSA) is 115 Å². The number of aromatic nitrogens is 2. The van der Waals surface area contributed by atoms with Gasteiger partial charge in [-0.3, -0.25) is 4.72 Å². The van der Waals surface area contributed by atoms with Gasteiger partial charge in [0.05, 0.1) is 23.9 Å². The summed E-state index contributed by atoms with van der Waals surface area (Å²) < 4.78 is 53.8. The Kier molecular flexibility index (Phi) is 4.07. The van der Waals surface area contributed by atoms with Crippen LogP contribution in [-0.4, -0.2) is 50.7 Å². The zero-order chi connectivity index (χ0) is 15.0. The molecule has 2 rings (SSSR count). The average Bonchev–Trinajstić information content (AvgIpc) is 2.69. The summed E-state index contributed by atoms with van der Waals surface area (Å²) in [7, 11) is -5.85. The average molecular weight is 342 g/mol. The zero-order valence-corrected chi connectivity index (χ0v) is 12.8. The van der Waals surface area contributed by atoms with Gasteiger partial charge in [-0.2, -0.15) is 4.98 Å². The van der Waals surface area contributed by atoms with Gasteiger partial charge in [-0.25, -0.2) is 21.8 Å². The summed E-state index contributed by atoms with van der Waals surface area (Å²) in [5.74, 6) is -0.696. The van der Waals surface area contributed by atoms with Gasteiger partial charge in [0, 0.05) is 6.07 Å². The minimum Gasteiger partial charge on any atom is -0.481 e. The molecule has 2 heterocycles. The predicted molar refractivity (Wildman–Crippen MR) is 73.2 cm³/mol. The van der Waals surface area contributed by atoms with E-state index in [1.165, 1.54) is 13.2 Å². The van der Waals surface area contributed by atoms with Crippen molar-refractivity contribution < 1.29 is 21.6 Å². The molecule has 1 unspecified atom stereocenters. The van der Waals surface area contributed by atoms with E-state index in [0.717, 1.165) is 0 Å². The van der Waals surface area contributed by atoms with Crippen molar-refractivity contribution in [3.8, 4) is 5.88 Å². The minimum absolute atomic E-state index is 0.00796. The van der Waals surface area contributed by atoms with Crippen molar-refractivity contribution in [3.05, 3.63) is 11.2 Å². The van der Waals surface area contributed by atoms with Crippen LogP contribution < -0.4 is 9.46 Å². The van der Waals surface area contributed by atoms with Crippen LogP contribution in [0.1, 0.15) is 6.42 Å². The first-order valence-corrected chi connectivity index (χ1v) is 9.27. The van der Waals surface area contributed by atoms with Crippen LogP contribution in [-0.2, 0) is 19.9 Å². The van der Waals surface area contributed by atoms with Crippen molar-refractivity contribution in [3.63, 3.8) is 0 Å². The van der Waals surface area contributed by atoms with Crippen molar-refractivity contribution in [2.75, 3.05) is 23.3 Å². The minimum atomic E-state index is -3.89. The van der Waals surface area contributed by atoms with Crippen molar-refractivity contribution in [1.29, 1.82) is 0 Å². The molecule has 1 aliphatic rings. The maximum Gasteiger partial charge on any atom is 0.241 e. The summed E-state index contributed by atoms with van der Waals surface area (Å²) in [6.07, 6.45) is 0.0510. The molecule has 1 N–H and O–H groups in total. The lowest BCUT2D eigenvalue weighted by molar-refractivity contribution is 0.397. The van der Waals surface area contributed by atoms with E-state index in [2.05, 4.69) is 14.7 Å². The Morgan fingerprint density at radius 3 is 2.70 bits per heavy atom. The van der Waals surface area contributed by atoms with E-state index < -0.39 is 30.9 Å². The highest BCUT2D eigenvalue weighted by Gasteiger charge is 2.37. The maximum atomic E-state index is 12.1. The van der Waals surface area contributed by atoms with Crippen LogP contribution in [0.2, 0.25) is 5.15 Å². The first-order valence-electron chi connectivity index (χ1n) is 5.52. The number of rotatable bonds is 4. The van der Waals surface area contributed by atoms with Gasteiger partial charge in [-0.15, -0.1) is 0 Å². The van der Waals surface area contributed by atoms with Crippen molar-refractivity contribution in [1.82, 2.24) is 9.97 Å². The van der Waals surface area contributed by atoms with Gasteiger partial charge in [-0.1, -0.05) is 11.6 Å². The monoisotopic (exact) mass is 341 g/mol. The van der Waals surface area contributed by atoms with Gasteiger partial charge in [0.15, 0.2) is 9.84 Å². The smallest absolute Gasteiger partial charge is 0.241 e. The largest absolute Gasteiger partial charge is 0.481 e. The number of methoxy groups -OCH3 is 1. The van der Waals surface area contributed by atoms with Crippen molar-refractivity contribution in [2.24, 2.45) is 0 Å². The molecule has 11 heteroatoms. The second-order valence-corrected chi connectivity index (χ2v) is 8.81. The van der Waals surface area contributed by atoms with Gasteiger partial charge < -0.3 is 4.74 Å². The first kappa shape index (κ1) is 15.3. The number of ether oxygens (including phenoxy) is 1. The summed E-state index contributed by atoms with van der Waals surface area (Å²) in [5, 5.41) is -1.00. The maximum absolute atomic E-state index is 12.1. The Bertz CT molecular complexity index is 719.